The lowest BCUT2D eigenvalue weighted by Crippen LogP contribution is -2.42. The van der Waals surface area contributed by atoms with Crippen LogP contribution in [0, 0.1) is 0 Å². The van der Waals surface area contributed by atoms with Crippen molar-refractivity contribution in [2.45, 2.75) is 38.8 Å². The molecule has 0 bridgehead atoms. The van der Waals surface area contributed by atoms with Gasteiger partial charge in [-0.15, -0.1) is 0 Å². The number of morpholine rings is 1. The minimum Gasteiger partial charge on any atom is -0.378 e. The molecule has 2 N–H and O–H groups in total. The molecule has 0 radical (unpaired) electrons. The molecule has 32 heavy (non-hydrogen) atoms. The normalized spacial score (nSPS) is 18.8. The molecular formula is C24H31N5O3. The van der Waals surface area contributed by atoms with Gasteiger partial charge in [0.15, 0.2) is 0 Å². The van der Waals surface area contributed by atoms with Gasteiger partial charge in [0.05, 0.1) is 13.2 Å². The molecule has 4 rings (SSSR count). The lowest BCUT2D eigenvalue weighted by molar-refractivity contribution is 0.0635. The molecule has 2 aromatic rings. The van der Waals surface area contributed by atoms with Gasteiger partial charge in [-0.1, -0.05) is 6.07 Å². The van der Waals surface area contributed by atoms with E-state index in [1.807, 2.05) is 17.0 Å². The number of amides is 3. The maximum absolute atomic E-state index is 12.8. The number of hydrogen-bond donors (Lipinski definition) is 2. The number of aromatic nitrogens is 1. The fourth-order valence-electron chi connectivity index (χ4n) is 4.24. The summed E-state index contributed by atoms with van der Waals surface area (Å²) in [5.41, 5.74) is 2.25. The fourth-order valence-corrected chi connectivity index (χ4v) is 4.24. The van der Waals surface area contributed by atoms with E-state index in [4.69, 9.17) is 4.74 Å². The van der Waals surface area contributed by atoms with Crippen LogP contribution in [0.5, 0.6) is 0 Å². The number of rotatable bonds is 5. The van der Waals surface area contributed by atoms with Crippen LogP contribution < -0.4 is 15.5 Å². The first-order valence-electron chi connectivity index (χ1n) is 11.3. The minimum absolute atomic E-state index is 0.0559. The van der Waals surface area contributed by atoms with Crippen molar-refractivity contribution >= 4 is 23.4 Å². The second-order valence-electron chi connectivity index (χ2n) is 8.31. The molecule has 3 amide bonds. The number of nitrogens with zero attached hydrogens (tertiary/aromatic N) is 3. The zero-order valence-electron chi connectivity index (χ0n) is 18.5. The molecule has 3 heterocycles. The van der Waals surface area contributed by atoms with Crippen molar-refractivity contribution in [1.82, 2.24) is 15.2 Å². The van der Waals surface area contributed by atoms with Crippen LogP contribution in [-0.2, 0) is 11.3 Å². The largest absolute Gasteiger partial charge is 0.378 e. The van der Waals surface area contributed by atoms with Gasteiger partial charge in [-0.25, -0.2) is 9.78 Å². The Hall–Kier alpha value is -3.13. The van der Waals surface area contributed by atoms with E-state index in [1.54, 1.807) is 30.5 Å². The van der Waals surface area contributed by atoms with E-state index in [0.717, 1.165) is 43.9 Å². The zero-order chi connectivity index (χ0) is 22.3. The van der Waals surface area contributed by atoms with Crippen molar-refractivity contribution in [2.24, 2.45) is 0 Å². The SMILES string of the molecule is CC1CCCCN1C(=O)c1ccc(NC(=O)NCc2cccnc2N2CCOCC2)cc1. The highest BCUT2D eigenvalue weighted by molar-refractivity contribution is 5.95. The van der Waals surface area contributed by atoms with Crippen LogP contribution in [0.25, 0.3) is 0 Å². The number of urea groups is 1. The number of anilines is 2. The third-order valence-electron chi connectivity index (χ3n) is 6.07. The average Bonchev–Trinajstić information content (AvgIpc) is 2.84. The van der Waals surface area contributed by atoms with E-state index in [-0.39, 0.29) is 18.0 Å². The molecule has 2 aliphatic rings. The summed E-state index contributed by atoms with van der Waals surface area (Å²) >= 11 is 0. The summed E-state index contributed by atoms with van der Waals surface area (Å²) in [6.45, 7) is 6.22. The zero-order valence-corrected chi connectivity index (χ0v) is 18.5. The molecule has 2 aliphatic heterocycles. The van der Waals surface area contributed by atoms with Crippen LogP contribution in [0.1, 0.15) is 42.1 Å². The molecule has 8 heteroatoms. The summed E-state index contributed by atoms with van der Waals surface area (Å²) < 4.78 is 5.42. The predicted molar refractivity (Wildman–Crippen MR) is 124 cm³/mol. The summed E-state index contributed by atoms with van der Waals surface area (Å²) in [5, 5.41) is 5.74. The maximum atomic E-state index is 12.8. The Morgan fingerprint density at radius 2 is 1.88 bits per heavy atom. The number of carbonyl (C=O) groups excluding carboxylic acids is 2. The second kappa shape index (κ2) is 10.5. The molecule has 2 saturated heterocycles. The van der Waals surface area contributed by atoms with Gasteiger partial charge in [-0.05, 0) is 56.5 Å². The lowest BCUT2D eigenvalue weighted by Gasteiger charge is -2.33. The van der Waals surface area contributed by atoms with Crippen molar-refractivity contribution in [2.75, 3.05) is 43.1 Å². The number of pyridine rings is 1. The van der Waals surface area contributed by atoms with E-state index in [2.05, 4.69) is 27.4 Å². The number of nitrogens with one attached hydrogen (secondary N) is 2. The molecule has 8 nitrogen and oxygen atoms in total. The van der Waals surface area contributed by atoms with E-state index < -0.39 is 0 Å². The van der Waals surface area contributed by atoms with E-state index in [0.29, 0.717) is 31.0 Å². The summed E-state index contributed by atoms with van der Waals surface area (Å²) in [5.74, 6) is 0.936. The topological polar surface area (TPSA) is 86.8 Å². The lowest BCUT2D eigenvalue weighted by atomic mass is 10.0. The summed E-state index contributed by atoms with van der Waals surface area (Å²) in [4.78, 5) is 33.8. The van der Waals surface area contributed by atoms with Gasteiger partial charge >= 0.3 is 6.03 Å². The Morgan fingerprint density at radius 1 is 1.09 bits per heavy atom. The standard InChI is InChI=1S/C24H31N5O3/c1-18-5-2-3-12-29(18)23(30)19-7-9-21(10-8-19)27-24(31)26-17-20-6-4-11-25-22(20)28-13-15-32-16-14-28/h4,6-11,18H,2-3,5,12-17H2,1H3,(H2,26,27,31). The van der Waals surface area contributed by atoms with Crippen molar-refractivity contribution in [3.63, 3.8) is 0 Å². The first-order chi connectivity index (χ1) is 15.6. The van der Waals surface area contributed by atoms with Crippen LogP contribution in [-0.4, -0.2) is 60.7 Å². The molecule has 0 saturated carbocycles. The third-order valence-corrected chi connectivity index (χ3v) is 6.07. The molecule has 1 unspecified atom stereocenters. The fraction of sp³-hybridized carbons (Fsp3) is 0.458. The van der Waals surface area contributed by atoms with E-state index >= 15 is 0 Å². The Bertz CT molecular complexity index is 927. The quantitative estimate of drug-likeness (QED) is 0.750. The molecule has 0 aliphatic carbocycles. The highest BCUT2D eigenvalue weighted by Gasteiger charge is 2.24. The number of carbonyl (C=O) groups is 2. The number of hydrogen-bond acceptors (Lipinski definition) is 5. The molecular weight excluding hydrogens is 406 g/mol. The maximum Gasteiger partial charge on any atom is 0.319 e. The van der Waals surface area contributed by atoms with E-state index in [1.165, 1.54) is 6.42 Å². The van der Waals surface area contributed by atoms with E-state index in [9.17, 15) is 9.59 Å². The Kier molecular flexibility index (Phi) is 7.21. The van der Waals surface area contributed by atoms with Crippen LogP contribution in [0.2, 0.25) is 0 Å². The molecule has 2 fully saturated rings. The van der Waals surface area contributed by atoms with Gasteiger partial charge in [0.2, 0.25) is 0 Å². The smallest absolute Gasteiger partial charge is 0.319 e. The summed E-state index contributed by atoms with van der Waals surface area (Å²) in [6, 6.07) is 10.9. The average molecular weight is 438 g/mol. The molecule has 1 aromatic carbocycles. The van der Waals surface area contributed by atoms with Gasteiger partial charge in [0.25, 0.3) is 5.91 Å². The van der Waals surface area contributed by atoms with Gasteiger partial charge in [-0.3, -0.25) is 4.79 Å². The number of benzene rings is 1. The van der Waals surface area contributed by atoms with Crippen molar-refractivity contribution in [3.8, 4) is 0 Å². The number of piperidine rings is 1. The van der Waals surface area contributed by atoms with Crippen molar-refractivity contribution < 1.29 is 14.3 Å². The Balaban J connectivity index is 1.32. The second-order valence-corrected chi connectivity index (χ2v) is 8.31. The molecule has 1 atom stereocenters. The number of likely N-dealkylation sites (tertiary alicyclic amines) is 1. The first-order valence-corrected chi connectivity index (χ1v) is 11.3. The highest BCUT2D eigenvalue weighted by atomic mass is 16.5. The summed E-state index contributed by atoms with van der Waals surface area (Å²) in [7, 11) is 0. The molecule has 1 aromatic heterocycles. The van der Waals surface area contributed by atoms with Gasteiger partial charge < -0.3 is 25.2 Å². The highest BCUT2D eigenvalue weighted by Crippen LogP contribution is 2.21. The summed E-state index contributed by atoms with van der Waals surface area (Å²) in [6.07, 6.45) is 5.05. The van der Waals surface area contributed by atoms with Gasteiger partial charge in [0.1, 0.15) is 5.82 Å². The van der Waals surface area contributed by atoms with Crippen molar-refractivity contribution in [3.05, 3.63) is 53.7 Å². The van der Waals surface area contributed by atoms with Crippen LogP contribution in [0.4, 0.5) is 16.3 Å². The van der Waals surface area contributed by atoms with Crippen LogP contribution in [0.15, 0.2) is 42.6 Å². The monoisotopic (exact) mass is 437 g/mol. The Labute approximate surface area is 188 Å². The first kappa shape index (κ1) is 22.1. The minimum atomic E-state index is -0.300. The third kappa shape index (κ3) is 5.37. The van der Waals surface area contributed by atoms with Gasteiger partial charge in [-0.2, -0.15) is 0 Å². The van der Waals surface area contributed by atoms with Crippen molar-refractivity contribution in [1.29, 1.82) is 0 Å². The predicted octanol–water partition coefficient (Wildman–Crippen LogP) is 3.25. The number of ether oxygens (including phenoxy) is 1. The van der Waals surface area contributed by atoms with Crippen LogP contribution >= 0.6 is 0 Å². The Morgan fingerprint density at radius 3 is 2.62 bits per heavy atom. The molecule has 0 spiro atoms. The van der Waals surface area contributed by atoms with Gasteiger partial charge in [0, 0.05) is 55.2 Å². The van der Waals surface area contributed by atoms with Crippen LogP contribution in [0.3, 0.4) is 0 Å². The molecule has 170 valence electrons.